The number of esters is 1. The van der Waals surface area contributed by atoms with Crippen LogP contribution in [0, 0.1) is 29.1 Å². The van der Waals surface area contributed by atoms with Crippen molar-refractivity contribution >= 4 is 5.97 Å². The van der Waals surface area contributed by atoms with Gasteiger partial charge in [0.2, 0.25) is 34.8 Å². The van der Waals surface area contributed by atoms with E-state index in [0.717, 1.165) is 0 Å². The highest BCUT2D eigenvalue weighted by Gasteiger charge is 2.30. The Morgan fingerprint density at radius 2 is 1.39 bits per heavy atom. The number of carbonyl (C=O) groups is 1. The van der Waals surface area contributed by atoms with Crippen LogP contribution in [0.15, 0.2) is 30.3 Å². The van der Waals surface area contributed by atoms with Gasteiger partial charge in [-0.15, -0.1) is 0 Å². The first-order valence-electron chi connectivity index (χ1n) is 6.66. The van der Waals surface area contributed by atoms with Gasteiger partial charge in [-0.25, -0.2) is 13.2 Å². The van der Waals surface area contributed by atoms with Gasteiger partial charge in [0.1, 0.15) is 0 Å². The zero-order valence-corrected chi connectivity index (χ0v) is 11.9. The van der Waals surface area contributed by atoms with Crippen LogP contribution in [0.2, 0.25) is 0 Å². The summed E-state index contributed by atoms with van der Waals surface area (Å²) in [4.78, 5) is 12.1. The van der Waals surface area contributed by atoms with Gasteiger partial charge in [0.15, 0.2) is 0 Å². The molecule has 0 aliphatic heterocycles. The molecular weight excluding hydrogens is 319 g/mol. The number of ether oxygens (including phenoxy) is 1. The summed E-state index contributed by atoms with van der Waals surface area (Å²) < 4.78 is 70.7. The second-order valence-corrected chi connectivity index (χ2v) is 4.69. The third kappa shape index (κ3) is 3.18. The summed E-state index contributed by atoms with van der Waals surface area (Å²) in [5.74, 6) is -14.6. The van der Waals surface area contributed by atoms with E-state index in [1.807, 2.05) is 0 Å². The minimum Gasteiger partial charge on any atom is -0.420 e. The molecule has 2 nitrogen and oxygen atoms in total. The van der Waals surface area contributed by atoms with Crippen LogP contribution in [-0.2, 0) is 4.79 Å². The molecule has 0 saturated heterocycles. The average molecular weight is 330 g/mol. The van der Waals surface area contributed by atoms with E-state index in [4.69, 9.17) is 0 Å². The standard InChI is InChI=1S/C16H11F5O2/c1-2-9(8-6-4-3-5-7-8)16(22)23-15-13(20)11(18)10(17)12(19)14(15)21/h3-7,9H,2H2,1H3/t9-/m0/s1. The van der Waals surface area contributed by atoms with Crippen LogP contribution in [0.5, 0.6) is 5.75 Å². The van der Waals surface area contributed by atoms with Crippen molar-refractivity contribution < 1.29 is 31.5 Å². The monoisotopic (exact) mass is 330 g/mol. The summed E-state index contributed by atoms with van der Waals surface area (Å²) in [7, 11) is 0. The molecule has 0 saturated carbocycles. The second-order valence-electron chi connectivity index (χ2n) is 4.69. The maximum atomic E-state index is 13.5. The van der Waals surface area contributed by atoms with Gasteiger partial charge in [-0.3, -0.25) is 4.79 Å². The first-order chi connectivity index (χ1) is 10.9. The Bertz CT molecular complexity index is 702. The Morgan fingerprint density at radius 3 is 1.87 bits per heavy atom. The molecule has 2 aromatic rings. The van der Waals surface area contributed by atoms with E-state index in [-0.39, 0.29) is 6.42 Å². The number of halogens is 5. The molecule has 0 spiro atoms. The van der Waals surface area contributed by atoms with Gasteiger partial charge in [0.25, 0.3) is 0 Å². The normalized spacial score (nSPS) is 12.1. The molecule has 122 valence electrons. The van der Waals surface area contributed by atoms with Gasteiger partial charge < -0.3 is 4.74 Å². The summed E-state index contributed by atoms with van der Waals surface area (Å²) in [6.45, 7) is 1.62. The number of hydrogen-bond donors (Lipinski definition) is 0. The lowest BCUT2D eigenvalue weighted by Crippen LogP contribution is -2.20. The molecule has 23 heavy (non-hydrogen) atoms. The van der Waals surface area contributed by atoms with Crippen molar-refractivity contribution in [2.24, 2.45) is 0 Å². The van der Waals surface area contributed by atoms with Crippen molar-refractivity contribution in [2.45, 2.75) is 19.3 Å². The highest BCUT2D eigenvalue weighted by Crippen LogP contribution is 2.31. The molecular formula is C16H11F5O2. The maximum absolute atomic E-state index is 13.5. The lowest BCUT2D eigenvalue weighted by Gasteiger charge is -2.15. The third-order valence-electron chi connectivity index (χ3n) is 3.27. The molecule has 0 bridgehead atoms. The van der Waals surface area contributed by atoms with E-state index < -0.39 is 46.7 Å². The summed E-state index contributed by atoms with van der Waals surface area (Å²) in [5, 5.41) is 0. The highest BCUT2D eigenvalue weighted by atomic mass is 19.2. The van der Waals surface area contributed by atoms with E-state index in [1.54, 1.807) is 37.3 Å². The molecule has 0 heterocycles. The predicted molar refractivity (Wildman–Crippen MR) is 71.3 cm³/mol. The number of benzene rings is 2. The zero-order valence-electron chi connectivity index (χ0n) is 11.9. The molecule has 0 radical (unpaired) electrons. The van der Waals surface area contributed by atoms with E-state index in [9.17, 15) is 26.7 Å². The average Bonchev–Trinajstić information content (AvgIpc) is 2.57. The summed E-state index contributed by atoms with van der Waals surface area (Å²) in [5.41, 5.74) is 0.504. The molecule has 7 heteroatoms. The van der Waals surface area contributed by atoms with Crippen LogP contribution >= 0.6 is 0 Å². The Kier molecular flexibility index (Phi) is 4.98. The minimum atomic E-state index is -2.31. The Hall–Kier alpha value is -2.44. The summed E-state index contributed by atoms with van der Waals surface area (Å²) >= 11 is 0. The van der Waals surface area contributed by atoms with Crippen LogP contribution in [0.3, 0.4) is 0 Å². The molecule has 0 aromatic heterocycles. The molecule has 2 aromatic carbocycles. The molecule has 2 rings (SSSR count). The highest BCUT2D eigenvalue weighted by molar-refractivity contribution is 5.80. The lowest BCUT2D eigenvalue weighted by atomic mass is 9.97. The Morgan fingerprint density at radius 1 is 0.913 bits per heavy atom. The van der Waals surface area contributed by atoms with Crippen molar-refractivity contribution in [3.63, 3.8) is 0 Å². The minimum absolute atomic E-state index is 0.220. The van der Waals surface area contributed by atoms with Gasteiger partial charge in [0.05, 0.1) is 5.92 Å². The van der Waals surface area contributed by atoms with Crippen LogP contribution in [0.25, 0.3) is 0 Å². The Balaban J connectivity index is 2.37. The smallest absolute Gasteiger partial charge is 0.319 e. The van der Waals surface area contributed by atoms with E-state index in [0.29, 0.717) is 5.56 Å². The molecule has 0 aliphatic carbocycles. The summed E-state index contributed by atoms with van der Waals surface area (Å²) in [6.07, 6.45) is 0.220. The van der Waals surface area contributed by atoms with Crippen molar-refractivity contribution in [1.29, 1.82) is 0 Å². The van der Waals surface area contributed by atoms with Crippen molar-refractivity contribution in [3.8, 4) is 5.75 Å². The fourth-order valence-electron chi connectivity index (χ4n) is 2.07. The molecule has 0 amide bonds. The summed E-state index contributed by atoms with van der Waals surface area (Å²) in [6, 6.07) is 8.17. The van der Waals surface area contributed by atoms with Crippen LogP contribution in [-0.4, -0.2) is 5.97 Å². The molecule has 1 atom stereocenters. The topological polar surface area (TPSA) is 26.3 Å². The quantitative estimate of drug-likeness (QED) is 0.272. The maximum Gasteiger partial charge on any atom is 0.319 e. The van der Waals surface area contributed by atoms with Gasteiger partial charge in [-0.1, -0.05) is 37.3 Å². The largest absolute Gasteiger partial charge is 0.420 e. The zero-order chi connectivity index (χ0) is 17.1. The number of hydrogen-bond acceptors (Lipinski definition) is 2. The van der Waals surface area contributed by atoms with Gasteiger partial charge in [-0.05, 0) is 12.0 Å². The molecule has 0 fully saturated rings. The number of carbonyl (C=O) groups excluding carboxylic acids is 1. The van der Waals surface area contributed by atoms with E-state index in [2.05, 4.69) is 4.74 Å². The van der Waals surface area contributed by atoms with Crippen molar-refractivity contribution in [1.82, 2.24) is 0 Å². The molecule has 0 aliphatic rings. The van der Waals surface area contributed by atoms with Gasteiger partial charge >= 0.3 is 5.97 Å². The second kappa shape index (κ2) is 6.76. The third-order valence-corrected chi connectivity index (χ3v) is 3.27. The van der Waals surface area contributed by atoms with Gasteiger partial charge in [0, 0.05) is 0 Å². The Labute approximate surface area is 128 Å². The van der Waals surface area contributed by atoms with Crippen LogP contribution in [0.4, 0.5) is 22.0 Å². The van der Waals surface area contributed by atoms with E-state index >= 15 is 0 Å². The lowest BCUT2D eigenvalue weighted by molar-refractivity contribution is -0.136. The fraction of sp³-hybridized carbons (Fsp3) is 0.188. The SMILES string of the molecule is CC[C@H](C(=O)Oc1c(F)c(F)c(F)c(F)c1F)c1ccccc1. The van der Waals surface area contributed by atoms with Gasteiger partial charge in [-0.2, -0.15) is 8.78 Å². The van der Waals surface area contributed by atoms with Crippen LogP contribution < -0.4 is 4.74 Å². The molecule has 0 N–H and O–H groups in total. The fourth-order valence-corrected chi connectivity index (χ4v) is 2.07. The number of rotatable bonds is 4. The van der Waals surface area contributed by atoms with Crippen molar-refractivity contribution in [2.75, 3.05) is 0 Å². The van der Waals surface area contributed by atoms with Crippen LogP contribution in [0.1, 0.15) is 24.8 Å². The van der Waals surface area contributed by atoms with E-state index in [1.165, 1.54) is 0 Å². The first-order valence-corrected chi connectivity index (χ1v) is 6.66. The molecule has 0 unspecified atom stereocenters. The first kappa shape index (κ1) is 16.9. The van der Waals surface area contributed by atoms with Crippen molar-refractivity contribution in [3.05, 3.63) is 65.0 Å². The predicted octanol–water partition coefficient (Wildman–Crippen LogP) is 4.48.